The van der Waals surface area contributed by atoms with E-state index in [1.165, 1.54) is 44.3 Å². The normalized spacial score (nSPS) is 21.3. The summed E-state index contributed by atoms with van der Waals surface area (Å²) >= 11 is 0. The largest absolute Gasteiger partial charge is 0.465 e. The van der Waals surface area contributed by atoms with Crippen molar-refractivity contribution in [1.29, 1.82) is 0 Å². The number of hydrogen-bond donors (Lipinski definition) is 1. The third-order valence-electron chi connectivity index (χ3n) is 4.90. The first kappa shape index (κ1) is 15.1. The van der Waals surface area contributed by atoms with Gasteiger partial charge in [0.2, 0.25) is 0 Å². The highest BCUT2D eigenvalue weighted by Gasteiger charge is 2.23. The van der Waals surface area contributed by atoms with E-state index in [9.17, 15) is 0 Å². The Balaban J connectivity index is 1.50. The van der Waals surface area contributed by atoms with E-state index < -0.39 is 0 Å². The third-order valence-corrected chi connectivity index (χ3v) is 4.90. The molecule has 4 nitrogen and oxygen atoms in total. The fraction of sp³-hybridized carbons (Fsp3) is 0.765. The number of nitrogens with one attached hydrogen (secondary N) is 1. The molecule has 3 rings (SSSR count). The summed E-state index contributed by atoms with van der Waals surface area (Å²) in [6, 6.07) is 3.75. The van der Waals surface area contributed by atoms with Gasteiger partial charge in [-0.25, -0.2) is 0 Å². The van der Waals surface area contributed by atoms with Crippen molar-refractivity contribution in [3.05, 3.63) is 23.2 Å². The standard InChI is InChI=1S/C17H29N3O/c1-13-14(10-17(21-13)11-18-15-4-5-15)12-20-8-6-16(7-9-20)19(2)3/h10,15-16,18H,4-9,11-12H2,1-3H3. The summed E-state index contributed by atoms with van der Waals surface area (Å²) < 4.78 is 5.90. The van der Waals surface area contributed by atoms with Crippen molar-refractivity contribution >= 4 is 0 Å². The van der Waals surface area contributed by atoms with Gasteiger partial charge in [0, 0.05) is 24.2 Å². The summed E-state index contributed by atoms with van der Waals surface area (Å²) in [6.07, 6.45) is 5.21. The third kappa shape index (κ3) is 4.09. The number of piperidine rings is 1. The highest BCUT2D eigenvalue weighted by Crippen LogP contribution is 2.22. The van der Waals surface area contributed by atoms with Crippen LogP contribution in [0.15, 0.2) is 10.5 Å². The predicted molar refractivity (Wildman–Crippen MR) is 85.3 cm³/mol. The van der Waals surface area contributed by atoms with Crippen LogP contribution in [0.1, 0.15) is 42.8 Å². The summed E-state index contributed by atoms with van der Waals surface area (Å²) in [5.74, 6) is 2.19. The molecule has 0 atom stereocenters. The minimum Gasteiger partial charge on any atom is -0.465 e. The molecule has 1 aliphatic heterocycles. The molecule has 21 heavy (non-hydrogen) atoms. The second kappa shape index (κ2) is 6.51. The number of likely N-dealkylation sites (tertiary alicyclic amines) is 1. The van der Waals surface area contributed by atoms with Crippen molar-refractivity contribution in [3.8, 4) is 0 Å². The van der Waals surface area contributed by atoms with Gasteiger partial charge in [0.1, 0.15) is 11.5 Å². The van der Waals surface area contributed by atoms with E-state index in [4.69, 9.17) is 4.42 Å². The first-order chi connectivity index (χ1) is 10.1. The number of nitrogens with zero attached hydrogens (tertiary/aromatic N) is 2. The van der Waals surface area contributed by atoms with Gasteiger partial charge in [0.05, 0.1) is 6.54 Å². The van der Waals surface area contributed by atoms with Crippen LogP contribution in [0.4, 0.5) is 0 Å². The molecule has 2 aliphatic rings. The van der Waals surface area contributed by atoms with Crippen molar-refractivity contribution in [2.75, 3.05) is 27.2 Å². The topological polar surface area (TPSA) is 31.7 Å². The van der Waals surface area contributed by atoms with Gasteiger partial charge < -0.3 is 14.6 Å². The van der Waals surface area contributed by atoms with E-state index in [-0.39, 0.29) is 0 Å². The number of rotatable bonds is 6. The lowest BCUT2D eigenvalue weighted by Gasteiger charge is -2.35. The second-order valence-electron chi connectivity index (χ2n) is 6.92. The van der Waals surface area contributed by atoms with Crippen LogP contribution in [-0.4, -0.2) is 49.1 Å². The van der Waals surface area contributed by atoms with Gasteiger partial charge in [0.15, 0.2) is 0 Å². The molecule has 118 valence electrons. The Bertz CT molecular complexity index is 457. The van der Waals surface area contributed by atoms with Gasteiger partial charge in [-0.05, 0) is 65.9 Å². The maximum atomic E-state index is 5.90. The van der Waals surface area contributed by atoms with Crippen molar-refractivity contribution in [3.63, 3.8) is 0 Å². The van der Waals surface area contributed by atoms with Crippen molar-refractivity contribution in [2.24, 2.45) is 0 Å². The van der Waals surface area contributed by atoms with E-state index in [1.807, 2.05) is 0 Å². The Morgan fingerprint density at radius 3 is 2.57 bits per heavy atom. The Morgan fingerprint density at radius 2 is 1.95 bits per heavy atom. The average molecular weight is 291 g/mol. The molecule has 2 heterocycles. The minimum absolute atomic E-state index is 0.740. The van der Waals surface area contributed by atoms with Crippen LogP contribution in [0.5, 0.6) is 0 Å². The maximum Gasteiger partial charge on any atom is 0.118 e. The quantitative estimate of drug-likeness (QED) is 0.872. The molecule has 0 unspecified atom stereocenters. The lowest BCUT2D eigenvalue weighted by atomic mass is 10.0. The van der Waals surface area contributed by atoms with Crippen LogP contribution < -0.4 is 5.32 Å². The number of aryl methyl sites for hydroxylation is 1. The zero-order valence-corrected chi connectivity index (χ0v) is 13.7. The molecule has 1 aliphatic carbocycles. The van der Waals surface area contributed by atoms with Crippen molar-refractivity contribution in [1.82, 2.24) is 15.1 Å². The Labute approximate surface area is 128 Å². The van der Waals surface area contributed by atoms with Crippen LogP contribution >= 0.6 is 0 Å². The molecule has 0 aromatic carbocycles. The van der Waals surface area contributed by atoms with Crippen molar-refractivity contribution < 1.29 is 4.42 Å². The SMILES string of the molecule is Cc1oc(CNC2CC2)cc1CN1CCC(N(C)C)CC1. The van der Waals surface area contributed by atoms with E-state index in [1.54, 1.807) is 0 Å². The molecule has 1 aromatic rings. The smallest absolute Gasteiger partial charge is 0.118 e. The first-order valence-corrected chi connectivity index (χ1v) is 8.32. The molecular formula is C17H29N3O. The molecule has 1 N–H and O–H groups in total. The van der Waals surface area contributed by atoms with E-state index in [2.05, 4.69) is 42.2 Å². The molecular weight excluding hydrogens is 262 g/mol. The molecule has 4 heteroatoms. The molecule has 0 bridgehead atoms. The Kier molecular flexibility index (Phi) is 4.67. The van der Waals surface area contributed by atoms with Gasteiger partial charge in [-0.15, -0.1) is 0 Å². The van der Waals surface area contributed by atoms with Crippen molar-refractivity contribution in [2.45, 2.75) is 57.8 Å². The summed E-state index contributed by atoms with van der Waals surface area (Å²) in [4.78, 5) is 4.93. The van der Waals surface area contributed by atoms with E-state index in [0.717, 1.165) is 36.7 Å². The summed E-state index contributed by atoms with van der Waals surface area (Å²) in [6.45, 7) is 6.42. The van der Waals surface area contributed by atoms with Gasteiger partial charge >= 0.3 is 0 Å². The van der Waals surface area contributed by atoms with Crippen LogP contribution in [0.3, 0.4) is 0 Å². The van der Waals surface area contributed by atoms with Gasteiger partial charge in [-0.3, -0.25) is 4.90 Å². The Hall–Kier alpha value is -0.840. The lowest BCUT2D eigenvalue weighted by molar-refractivity contribution is 0.139. The average Bonchev–Trinajstić information content (AvgIpc) is 3.23. The summed E-state index contributed by atoms with van der Waals surface area (Å²) in [5.41, 5.74) is 1.37. The van der Waals surface area contributed by atoms with E-state index >= 15 is 0 Å². The molecule has 0 amide bonds. The predicted octanol–water partition coefficient (Wildman–Crippen LogP) is 2.37. The molecule has 1 saturated heterocycles. The number of hydrogen-bond acceptors (Lipinski definition) is 4. The van der Waals surface area contributed by atoms with Gasteiger partial charge in [0.25, 0.3) is 0 Å². The van der Waals surface area contributed by atoms with Crippen LogP contribution in [0.25, 0.3) is 0 Å². The lowest BCUT2D eigenvalue weighted by Crippen LogP contribution is -2.41. The van der Waals surface area contributed by atoms with Crippen LogP contribution in [0, 0.1) is 6.92 Å². The highest BCUT2D eigenvalue weighted by molar-refractivity contribution is 5.21. The monoisotopic (exact) mass is 291 g/mol. The first-order valence-electron chi connectivity index (χ1n) is 8.32. The molecule has 1 saturated carbocycles. The maximum absolute atomic E-state index is 5.90. The summed E-state index contributed by atoms with van der Waals surface area (Å²) in [5, 5.41) is 3.52. The highest BCUT2D eigenvalue weighted by atomic mass is 16.3. The molecule has 0 radical (unpaired) electrons. The molecule has 1 aromatic heterocycles. The minimum atomic E-state index is 0.740. The zero-order chi connectivity index (χ0) is 14.8. The van der Waals surface area contributed by atoms with E-state index in [0.29, 0.717) is 0 Å². The van der Waals surface area contributed by atoms with Gasteiger partial charge in [-0.1, -0.05) is 0 Å². The van der Waals surface area contributed by atoms with Crippen LogP contribution in [0.2, 0.25) is 0 Å². The molecule has 0 spiro atoms. The molecule has 2 fully saturated rings. The van der Waals surface area contributed by atoms with Gasteiger partial charge in [-0.2, -0.15) is 0 Å². The Morgan fingerprint density at radius 1 is 1.24 bits per heavy atom. The van der Waals surface area contributed by atoms with Crippen LogP contribution in [-0.2, 0) is 13.1 Å². The fourth-order valence-electron chi connectivity index (χ4n) is 3.20. The second-order valence-corrected chi connectivity index (χ2v) is 6.92. The fourth-order valence-corrected chi connectivity index (χ4v) is 3.20. The summed E-state index contributed by atoms with van der Waals surface area (Å²) in [7, 11) is 4.39. The number of furan rings is 1. The zero-order valence-electron chi connectivity index (χ0n) is 13.7.